The summed E-state index contributed by atoms with van der Waals surface area (Å²) in [6, 6.07) is 6.01. The second-order valence-electron chi connectivity index (χ2n) is 4.20. The Morgan fingerprint density at radius 3 is 3.06 bits per heavy atom. The number of hydrogen-bond acceptors (Lipinski definition) is 2. The number of anilines is 1. The average Bonchev–Trinajstić information content (AvgIpc) is 2.85. The van der Waals surface area contributed by atoms with Gasteiger partial charge in [0.25, 0.3) is 0 Å². The number of thioether (sulfide) groups is 1. The minimum absolute atomic E-state index is 0.173. The molecule has 2 nitrogen and oxygen atoms in total. The summed E-state index contributed by atoms with van der Waals surface area (Å²) in [4.78, 5) is 12.0. The van der Waals surface area contributed by atoms with Gasteiger partial charge in [-0.3, -0.25) is 4.79 Å². The highest BCUT2D eigenvalue weighted by Crippen LogP contribution is 2.26. The first-order chi connectivity index (χ1) is 8.20. The van der Waals surface area contributed by atoms with Crippen LogP contribution in [0.15, 0.2) is 22.7 Å². The molecule has 1 unspecified atom stereocenters. The van der Waals surface area contributed by atoms with Gasteiger partial charge in [0.15, 0.2) is 0 Å². The number of halogens is 1. The molecule has 1 aliphatic rings. The molecule has 4 heteroatoms. The third-order valence-corrected chi connectivity index (χ3v) is 4.66. The Morgan fingerprint density at radius 2 is 2.41 bits per heavy atom. The number of hydrogen-bond donors (Lipinski definition) is 1. The molecule has 0 aliphatic carbocycles. The predicted molar refractivity (Wildman–Crippen MR) is 77.6 cm³/mol. The van der Waals surface area contributed by atoms with Crippen molar-refractivity contribution in [3.05, 3.63) is 28.2 Å². The molecular weight excluding hydrogens is 298 g/mol. The Kier molecular flexibility index (Phi) is 4.51. The van der Waals surface area contributed by atoms with Gasteiger partial charge in [-0.25, -0.2) is 0 Å². The Bertz CT molecular complexity index is 416. The molecule has 1 saturated heterocycles. The molecule has 2 rings (SSSR count). The van der Waals surface area contributed by atoms with Crippen molar-refractivity contribution in [3.8, 4) is 0 Å². The Balaban J connectivity index is 2.09. The third-order valence-electron chi connectivity index (χ3n) is 3.01. The van der Waals surface area contributed by atoms with Crippen molar-refractivity contribution < 1.29 is 4.79 Å². The fraction of sp³-hybridized carbons (Fsp3) is 0.462. The first kappa shape index (κ1) is 13.0. The molecular formula is C13H16BrNOS. The standard InChI is InChI=1S/C13H16BrNOS/c1-2-9-7-11(14)3-4-12(9)15-13(16)10-5-6-17-8-10/h3-4,7,10H,2,5-6,8H2,1H3,(H,15,16). The quantitative estimate of drug-likeness (QED) is 0.921. The first-order valence-electron chi connectivity index (χ1n) is 5.87. The molecule has 0 saturated carbocycles. The third kappa shape index (κ3) is 3.26. The molecule has 0 spiro atoms. The monoisotopic (exact) mass is 313 g/mol. The van der Waals surface area contributed by atoms with Crippen LogP contribution in [0.4, 0.5) is 5.69 Å². The van der Waals surface area contributed by atoms with Crippen LogP contribution in [-0.2, 0) is 11.2 Å². The van der Waals surface area contributed by atoms with Crippen LogP contribution in [0.5, 0.6) is 0 Å². The zero-order chi connectivity index (χ0) is 12.3. The maximum absolute atomic E-state index is 12.0. The van der Waals surface area contributed by atoms with Gasteiger partial charge in [0.2, 0.25) is 5.91 Å². The number of rotatable bonds is 3. The lowest BCUT2D eigenvalue weighted by Crippen LogP contribution is -2.22. The first-order valence-corrected chi connectivity index (χ1v) is 7.82. The Labute approximate surface area is 115 Å². The highest BCUT2D eigenvalue weighted by atomic mass is 79.9. The molecule has 17 heavy (non-hydrogen) atoms. The van der Waals surface area contributed by atoms with Crippen LogP contribution in [0.2, 0.25) is 0 Å². The summed E-state index contributed by atoms with van der Waals surface area (Å²) in [5.41, 5.74) is 2.14. The van der Waals surface area contributed by atoms with Crippen LogP contribution in [0.25, 0.3) is 0 Å². The summed E-state index contributed by atoms with van der Waals surface area (Å²) in [6.07, 6.45) is 1.93. The fourth-order valence-corrected chi connectivity index (χ4v) is 3.58. The molecule has 1 aliphatic heterocycles. The van der Waals surface area contributed by atoms with E-state index >= 15 is 0 Å². The van der Waals surface area contributed by atoms with Crippen LogP contribution < -0.4 is 5.32 Å². The van der Waals surface area contributed by atoms with E-state index in [1.54, 1.807) is 0 Å². The number of nitrogens with one attached hydrogen (secondary N) is 1. The lowest BCUT2D eigenvalue weighted by atomic mass is 10.1. The van der Waals surface area contributed by atoms with Crippen molar-refractivity contribution in [1.29, 1.82) is 0 Å². The largest absolute Gasteiger partial charge is 0.326 e. The molecule has 1 aromatic rings. The number of amides is 1. The molecule has 0 aromatic heterocycles. The summed E-state index contributed by atoms with van der Waals surface area (Å²) in [7, 11) is 0. The maximum atomic E-state index is 12.0. The van der Waals surface area contributed by atoms with Crippen molar-refractivity contribution in [2.45, 2.75) is 19.8 Å². The van der Waals surface area contributed by atoms with Crippen molar-refractivity contribution >= 4 is 39.3 Å². The normalized spacial score (nSPS) is 19.3. The van der Waals surface area contributed by atoms with Gasteiger partial charge in [-0.05, 0) is 42.4 Å². The summed E-state index contributed by atoms with van der Waals surface area (Å²) in [6.45, 7) is 2.10. The average molecular weight is 314 g/mol. The summed E-state index contributed by atoms with van der Waals surface area (Å²) in [5, 5.41) is 3.06. The summed E-state index contributed by atoms with van der Waals surface area (Å²) >= 11 is 5.32. The van der Waals surface area contributed by atoms with E-state index in [-0.39, 0.29) is 11.8 Å². The van der Waals surface area contributed by atoms with E-state index in [0.717, 1.165) is 34.5 Å². The topological polar surface area (TPSA) is 29.1 Å². The van der Waals surface area contributed by atoms with Crippen molar-refractivity contribution in [2.75, 3.05) is 16.8 Å². The predicted octanol–water partition coefficient (Wildman–Crippen LogP) is 3.70. The van der Waals surface area contributed by atoms with Crippen molar-refractivity contribution in [3.63, 3.8) is 0 Å². The van der Waals surface area contributed by atoms with E-state index < -0.39 is 0 Å². The molecule has 0 bridgehead atoms. The van der Waals surface area contributed by atoms with Gasteiger partial charge in [0, 0.05) is 21.8 Å². The second-order valence-corrected chi connectivity index (χ2v) is 6.27. The van der Waals surface area contributed by atoms with Gasteiger partial charge in [0.1, 0.15) is 0 Å². The number of aryl methyl sites for hydroxylation is 1. The smallest absolute Gasteiger partial charge is 0.228 e. The van der Waals surface area contributed by atoms with E-state index in [2.05, 4.69) is 34.2 Å². The molecule has 1 fully saturated rings. The zero-order valence-electron chi connectivity index (χ0n) is 9.83. The van der Waals surface area contributed by atoms with Gasteiger partial charge >= 0.3 is 0 Å². The highest BCUT2D eigenvalue weighted by molar-refractivity contribution is 9.10. The molecule has 1 heterocycles. The van der Waals surface area contributed by atoms with Crippen LogP contribution >= 0.6 is 27.7 Å². The van der Waals surface area contributed by atoms with Crippen molar-refractivity contribution in [2.24, 2.45) is 5.92 Å². The van der Waals surface area contributed by atoms with Crippen LogP contribution in [0.3, 0.4) is 0 Å². The van der Waals surface area contributed by atoms with Gasteiger partial charge in [-0.1, -0.05) is 22.9 Å². The summed E-state index contributed by atoms with van der Waals surface area (Å²) in [5.74, 6) is 2.43. The van der Waals surface area contributed by atoms with E-state index in [1.165, 1.54) is 5.56 Å². The minimum Gasteiger partial charge on any atom is -0.326 e. The highest BCUT2D eigenvalue weighted by Gasteiger charge is 2.23. The van der Waals surface area contributed by atoms with Crippen LogP contribution in [0, 0.1) is 5.92 Å². The number of benzene rings is 1. The van der Waals surface area contributed by atoms with E-state index in [4.69, 9.17) is 0 Å². The van der Waals surface area contributed by atoms with Gasteiger partial charge in [0.05, 0.1) is 0 Å². The minimum atomic E-state index is 0.173. The fourth-order valence-electron chi connectivity index (χ4n) is 1.95. The zero-order valence-corrected chi connectivity index (χ0v) is 12.2. The molecule has 1 N–H and O–H groups in total. The second kappa shape index (κ2) is 5.91. The molecule has 92 valence electrons. The molecule has 1 aromatic carbocycles. The maximum Gasteiger partial charge on any atom is 0.228 e. The van der Waals surface area contributed by atoms with E-state index in [9.17, 15) is 4.79 Å². The SMILES string of the molecule is CCc1cc(Br)ccc1NC(=O)C1CCSC1. The van der Waals surface area contributed by atoms with Gasteiger partial charge < -0.3 is 5.32 Å². The molecule has 1 amide bonds. The van der Waals surface area contributed by atoms with E-state index in [0.29, 0.717) is 0 Å². The summed E-state index contributed by atoms with van der Waals surface area (Å²) < 4.78 is 1.06. The molecule has 0 radical (unpaired) electrons. The van der Waals surface area contributed by atoms with E-state index in [1.807, 2.05) is 23.9 Å². The van der Waals surface area contributed by atoms with Gasteiger partial charge in [-0.2, -0.15) is 11.8 Å². The lowest BCUT2D eigenvalue weighted by molar-refractivity contribution is -0.119. The van der Waals surface area contributed by atoms with Crippen LogP contribution in [0.1, 0.15) is 18.9 Å². The molecule has 1 atom stereocenters. The number of carbonyl (C=O) groups excluding carboxylic acids is 1. The Morgan fingerprint density at radius 1 is 1.59 bits per heavy atom. The van der Waals surface area contributed by atoms with Crippen molar-refractivity contribution in [1.82, 2.24) is 0 Å². The number of carbonyl (C=O) groups is 1. The van der Waals surface area contributed by atoms with Crippen LogP contribution in [-0.4, -0.2) is 17.4 Å². The Hall–Kier alpha value is -0.480. The van der Waals surface area contributed by atoms with Gasteiger partial charge in [-0.15, -0.1) is 0 Å². The lowest BCUT2D eigenvalue weighted by Gasteiger charge is -2.13.